The molecule has 25 heavy (non-hydrogen) atoms. The van der Waals surface area contributed by atoms with E-state index in [-0.39, 0.29) is 22.3 Å². The second-order valence-electron chi connectivity index (χ2n) is 6.17. The van der Waals surface area contributed by atoms with Crippen molar-refractivity contribution in [1.82, 2.24) is 0 Å². The lowest BCUT2D eigenvalue weighted by atomic mass is 9.92. The van der Waals surface area contributed by atoms with Crippen molar-refractivity contribution in [2.45, 2.75) is 45.5 Å². The molecule has 1 aliphatic rings. The second-order valence-corrected chi connectivity index (χ2v) is 8.34. The molecule has 0 fully saturated rings. The molecule has 136 valence electrons. The Morgan fingerprint density at radius 2 is 0.960 bits per heavy atom. The van der Waals surface area contributed by atoms with Crippen molar-refractivity contribution in [1.29, 1.82) is 0 Å². The van der Waals surface area contributed by atoms with Gasteiger partial charge in [0.1, 0.15) is 0 Å². The van der Waals surface area contributed by atoms with Crippen LogP contribution in [0.5, 0.6) is 0 Å². The fourth-order valence-corrected chi connectivity index (χ4v) is 4.98. The number of aryl methyl sites for hydroxylation is 4. The zero-order valence-electron chi connectivity index (χ0n) is 13.7. The fourth-order valence-electron chi connectivity index (χ4n) is 3.28. The molecule has 0 amide bonds. The van der Waals surface area contributed by atoms with E-state index in [0.717, 1.165) is 22.7 Å². The Kier molecular flexibility index (Phi) is 3.97. The summed E-state index contributed by atoms with van der Waals surface area (Å²) in [6.45, 7) is 5.86. The van der Waals surface area contributed by atoms with E-state index in [0.29, 0.717) is 9.75 Å². The molecule has 0 aromatic carbocycles. The second kappa shape index (κ2) is 5.36. The maximum atomic E-state index is 14.6. The smallest absolute Gasteiger partial charge is 0.194 e. The highest BCUT2D eigenvalue weighted by molar-refractivity contribution is 7.10. The lowest BCUT2D eigenvalue weighted by Gasteiger charge is -2.26. The van der Waals surface area contributed by atoms with Crippen LogP contribution in [0.3, 0.4) is 0 Å². The lowest BCUT2D eigenvalue weighted by Crippen LogP contribution is -2.49. The van der Waals surface area contributed by atoms with Gasteiger partial charge in [-0.05, 0) is 49.6 Å². The first-order valence-corrected chi connectivity index (χ1v) is 9.10. The zero-order chi connectivity index (χ0) is 18.9. The Hall–Kier alpha value is -1.28. The summed E-state index contributed by atoms with van der Waals surface area (Å²) in [4.78, 5) is 0.618. The molecule has 2 heterocycles. The topological polar surface area (TPSA) is 0 Å². The fraction of sp³-hybridized carbons (Fsp3) is 0.412. The van der Waals surface area contributed by atoms with E-state index in [4.69, 9.17) is 0 Å². The highest BCUT2D eigenvalue weighted by Crippen LogP contribution is 2.66. The third-order valence-corrected chi connectivity index (χ3v) is 6.54. The van der Waals surface area contributed by atoms with Crippen LogP contribution in [-0.4, -0.2) is 17.8 Å². The van der Waals surface area contributed by atoms with Crippen molar-refractivity contribution in [3.63, 3.8) is 0 Å². The average molecular weight is 396 g/mol. The summed E-state index contributed by atoms with van der Waals surface area (Å²) in [7, 11) is 0. The normalized spacial score (nSPS) is 21.2. The van der Waals surface area contributed by atoms with E-state index < -0.39 is 28.9 Å². The van der Waals surface area contributed by atoms with Crippen LogP contribution >= 0.6 is 22.7 Å². The Bertz CT molecular complexity index is 776. The van der Waals surface area contributed by atoms with Gasteiger partial charge in [-0.2, -0.15) is 26.3 Å². The number of rotatable bonds is 2. The van der Waals surface area contributed by atoms with Crippen LogP contribution in [-0.2, 0) is 0 Å². The van der Waals surface area contributed by atoms with Gasteiger partial charge in [-0.25, -0.2) is 0 Å². The molecule has 0 spiro atoms. The van der Waals surface area contributed by atoms with Crippen molar-refractivity contribution in [2.24, 2.45) is 0 Å². The van der Waals surface area contributed by atoms with Crippen LogP contribution in [0.25, 0.3) is 11.1 Å². The van der Waals surface area contributed by atoms with Crippen LogP contribution in [0.4, 0.5) is 26.3 Å². The quantitative estimate of drug-likeness (QED) is 0.486. The number of halogens is 6. The number of alkyl halides is 6. The van der Waals surface area contributed by atoms with Crippen LogP contribution in [0.2, 0.25) is 0 Å². The van der Waals surface area contributed by atoms with Gasteiger partial charge >= 0.3 is 17.8 Å². The number of allylic oxidation sites excluding steroid dienone is 2. The molecule has 0 atom stereocenters. The Morgan fingerprint density at radius 3 is 1.20 bits per heavy atom. The molecule has 0 bridgehead atoms. The summed E-state index contributed by atoms with van der Waals surface area (Å²) in [5.74, 6) is -15.4. The van der Waals surface area contributed by atoms with Crippen LogP contribution in [0.15, 0.2) is 10.8 Å². The van der Waals surface area contributed by atoms with Gasteiger partial charge in [0.05, 0.1) is 0 Å². The van der Waals surface area contributed by atoms with Crippen LogP contribution in [0.1, 0.15) is 32.0 Å². The molecule has 0 saturated heterocycles. The Balaban J connectivity index is 2.51. The van der Waals surface area contributed by atoms with Crippen molar-refractivity contribution < 1.29 is 26.3 Å². The molecular formula is C17H14F6S2. The summed E-state index contributed by atoms with van der Waals surface area (Å²) >= 11 is 2.14. The lowest BCUT2D eigenvalue weighted by molar-refractivity contribution is -0.254. The van der Waals surface area contributed by atoms with Gasteiger partial charge in [0.2, 0.25) is 0 Å². The predicted octanol–water partition coefficient (Wildman–Crippen LogP) is 6.87. The van der Waals surface area contributed by atoms with Gasteiger partial charge in [0, 0.05) is 32.0 Å². The molecular weight excluding hydrogens is 382 g/mol. The first kappa shape index (κ1) is 18.5. The van der Waals surface area contributed by atoms with E-state index in [9.17, 15) is 26.3 Å². The summed E-state index contributed by atoms with van der Waals surface area (Å²) in [6.07, 6.45) is 0. The standard InChI is InChI=1S/C17H14F6S2/c1-7-5-24-9(3)11(7)13-14(12-8(2)6-25-10(12)4)16(20,21)17(22,23)15(13,18)19/h5-6H,1-4H3. The molecule has 0 unspecified atom stereocenters. The van der Waals surface area contributed by atoms with Gasteiger partial charge in [-0.1, -0.05) is 0 Å². The predicted molar refractivity (Wildman–Crippen MR) is 89.2 cm³/mol. The van der Waals surface area contributed by atoms with Crippen molar-refractivity contribution in [2.75, 3.05) is 0 Å². The molecule has 0 aliphatic heterocycles. The molecule has 0 nitrogen and oxygen atoms in total. The average Bonchev–Trinajstić information content (AvgIpc) is 3.01. The van der Waals surface area contributed by atoms with Crippen molar-refractivity contribution >= 4 is 33.8 Å². The first-order valence-electron chi connectivity index (χ1n) is 7.34. The summed E-state index contributed by atoms with van der Waals surface area (Å²) < 4.78 is 86.9. The Morgan fingerprint density at radius 1 is 0.640 bits per heavy atom. The minimum absolute atomic E-state index is 0.202. The van der Waals surface area contributed by atoms with E-state index in [1.807, 2.05) is 0 Å². The summed E-state index contributed by atoms with van der Waals surface area (Å²) in [5.41, 5.74) is -2.33. The molecule has 2 aromatic heterocycles. The number of hydrogen-bond acceptors (Lipinski definition) is 2. The van der Waals surface area contributed by atoms with E-state index in [2.05, 4.69) is 0 Å². The van der Waals surface area contributed by atoms with Gasteiger partial charge in [0.25, 0.3) is 0 Å². The third-order valence-electron chi connectivity index (χ3n) is 4.48. The minimum atomic E-state index is -5.49. The minimum Gasteiger partial charge on any atom is -0.194 e. The number of thiophene rings is 2. The van der Waals surface area contributed by atoms with Gasteiger partial charge in [0.15, 0.2) is 0 Å². The van der Waals surface area contributed by atoms with Gasteiger partial charge in [-0.15, -0.1) is 22.7 Å². The largest absolute Gasteiger partial charge is 0.380 e. The van der Waals surface area contributed by atoms with Gasteiger partial charge < -0.3 is 0 Å². The highest BCUT2D eigenvalue weighted by Gasteiger charge is 2.80. The molecule has 0 saturated carbocycles. The summed E-state index contributed by atoms with van der Waals surface area (Å²) in [5, 5.41) is 3.01. The molecule has 8 heteroatoms. The van der Waals surface area contributed by atoms with E-state index >= 15 is 0 Å². The number of hydrogen-bond donors (Lipinski definition) is 0. The monoisotopic (exact) mass is 396 g/mol. The van der Waals surface area contributed by atoms with Crippen molar-refractivity contribution in [3.8, 4) is 0 Å². The Labute approximate surface area is 148 Å². The zero-order valence-corrected chi connectivity index (χ0v) is 15.4. The molecule has 3 rings (SSSR count). The van der Waals surface area contributed by atoms with Crippen LogP contribution in [0, 0.1) is 27.7 Å². The maximum absolute atomic E-state index is 14.6. The molecule has 2 aromatic rings. The third kappa shape index (κ3) is 2.19. The molecule has 1 aliphatic carbocycles. The summed E-state index contributed by atoms with van der Waals surface area (Å²) in [6, 6.07) is 0. The maximum Gasteiger partial charge on any atom is 0.380 e. The SMILES string of the molecule is Cc1csc(C)c1C1=C(c2c(C)csc2C)C(F)(F)C(F)(F)C1(F)F. The molecule has 0 N–H and O–H groups in total. The van der Waals surface area contributed by atoms with Gasteiger partial charge in [-0.3, -0.25) is 0 Å². The highest BCUT2D eigenvalue weighted by atomic mass is 32.1. The first-order chi connectivity index (χ1) is 11.4. The van der Waals surface area contributed by atoms with Crippen LogP contribution < -0.4 is 0 Å². The van der Waals surface area contributed by atoms with E-state index in [1.54, 1.807) is 0 Å². The molecule has 0 radical (unpaired) electrons. The van der Waals surface area contributed by atoms with E-state index in [1.165, 1.54) is 38.5 Å². The van der Waals surface area contributed by atoms with Crippen molar-refractivity contribution in [3.05, 3.63) is 42.8 Å².